The maximum atomic E-state index is 12.0. The summed E-state index contributed by atoms with van der Waals surface area (Å²) >= 11 is 11.8. The molecule has 1 atom stereocenters. The fourth-order valence-corrected chi connectivity index (χ4v) is 3.15. The molecule has 3 rings (SSSR count). The van der Waals surface area contributed by atoms with Crippen LogP contribution in [0.1, 0.15) is 18.9 Å². The number of nitrogens with zero attached hydrogens (tertiary/aromatic N) is 1. The largest absolute Gasteiger partial charge is 0.338 e. The number of halogens is 2. The number of benzene rings is 1. The van der Waals surface area contributed by atoms with Crippen LogP contribution in [0, 0.1) is 5.92 Å². The van der Waals surface area contributed by atoms with E-state index in [1.807, 2.05) is 25.1 Å². The number of fused-ring (bicyclic) bond motifs is 1. The maximum absolute atomic E-state index is 12.0. The fourth-order valence-electron chi connectivity index (χ4n) is 2.64. The van der Waals surface area contributed by atoms with Crippen molar-refractivity contribution in [2.24, 2.45) is 5.92 Å². The van der Waals surface area contributed by atoms with E-state index in [0.717, 1.165) is 17.7 Å². The normalized spacial score (nSPS) is 21.2. The van der Waals surface area contributed by atoms with Gasteiger partial charge in [0.05, 0.1) is 11.6 Å². The summed E-state index contributed by atoms with van der Waals surface area (Å²) in [6.45, 7) is 3.11. The first-order valence-corrected chi connectivity index (χ1v) is 8.05. The summed E-state index contributed by atoms with van der Waals surface area (Å²) in [5.74, 6) is -0.559. The Labute approximate surface area is 138 Å². The van der Waals surface area contributed by atoms with Gasteiger partial charge in [-0.1, -0.05) is 6.07 Å². The molecule has 1 saturated carbocycles. The summed E-state index contributed by atoms with van der Waals surface area (Å²) in [5.41, 5.74) is 2.58. The molecule has 1 heterocycles. The molecule has 0 spiro atoms. The van der Waals surface area contributed by atoms with Gasteiger partial charge in [-0.2, -0.15) is 0 Å². The van der Waals surface area contributed by atoms with Crippen molar-refractivity contribution in [3.63, 3.8) is 0 Å². The van der Waals surface area contributed by atoms with Gasteiger partial charge >= 0.3 is 6.03 Å². The predicted molar refractivity (Wildman–Crippen MR) is 87.7 cm³/mol. The van der Waals surface area contributed by atoms with Crippen molar-refractivity contribution >= 4 is 46.5 Å². The highest BCUT2D eigenvalue weighted by atomic mass is 35.5. The minimum absolute atomic E-state index is 0.118. The van der Waals surface area contributed by atoms with Gasteiger partial charge in [0.2, 0.25) is 5.91 Å². The van der Waals surface area contributed by atoms with E-state index in [4.69, 9.17) is 23.2 Å². The lowest BCUT2D eigenvalue weighted by Crippen LogP contribution is -2.38. The Bertz CT molecular complexity index is 633. The number of urea groups is 1. The molecule has 0 unspecified atom stereocenters. The van der Waals surface area contributed by atoms with Crippen molar-refractivity contribution in [1.82, 2.24) is 5.32 Å². The van der Waals surface area contributed by atoms with Gasteiger partial charge in [0, 0.05) is 18.8 Å². The average Bonchev–Trinajstić information content (AvgIpc) is 2.93. The third kappa shape index (κ3) is 2.88. The van der Waals surface area contributed by atoms with E-state index in [0.29, 0.717) is 25.2 Å². The van der Waals surface area contributed by atoms with Crippen molar-refractivity contribution in [2.45, 2.75) is 24.1 Å². The zero-order valence-electron chi connectivity index (χ0n) is 12.2. The number of alkyl halides is 2. The van der Waals surface area contributed by atoms with Gasteiger partial charge in [-0.25, -0.2) is 4.79 Å². The van der Waals surface area contributed by atoms with Gasteiger partial charge in [-0.05, 0) is 37.5 Å². The minimum atomic E-state index is -0.937. The number of carbonyl (C=O) groups excluding carboxylic acids is 2. The summed E-state index contributed by atoms with van der Waals surface area (Å²) in [6, 6.07) is 5.48. The fraction of sp³-hybridized carbons (Fsp3) is 0.467. The minimum Gasteiger partial charge on any atom is -0.338 e. The molecule has 7 heteroatoms. The summed E-state index contributed by atoms with van der Waals surface area (Å²) < 4.78 is -0.937. The van der Waals surface area contributed by atoms with Gasteiger partial charge in [-0.15, -0.1) is 23.2 Å². The van der Waals surface area contributed by atoms with Crippen LogP contribution in [0.3, 0.4) is 0 Å². The monoisotopic (exact) mass is 341 g/mol. The number of hydrogen-bond donors (Lipinski definition) is 2. The molecular formula is C15H17Cl2N3O2. The van der Waals surface area contributed by atoms with Gasteiger partial charge in [0.25, 0.3) is 0 Å². The van der Waals surface area contributed by atoms with Crippen LogP contribution in [-0.4, -0.2) is 29.4 Å². The number of nitrogens with one attached hydrogen (secondary N) is 2. The Balaban J connectivity index is 1.74. The maximum Gasteiger partial charge on any atom is 0.321 e. The van der Waals surface area contributed by atoms with E-state index >= 15 is 0 Å². The molecule has 1 aliphatic heterocycles. The van der Waals surface area contributed by atoms with Gasteiger partial charge in [0.1, 0.15) is 4.33 Å². The first-order valence-electron chi connectivity index (χ1n) is 7.29. The zero-order chi connectivity index (χ0) is 15.9. The van der Waals surface area contributed by atoms with E-state index in [9.17, 15) is 9.59 Å². The lowest BCUT2D eigenvalue weighted by atomic mass is 10.1. The second-order valence-electron chi connectivity index (χ2n) is 5.59. The van der Waals surface area contributed by atoms with E-state index in [1.54, 1.807) is 4.90 Å². The molecule has 3 amide bonds. The molecular weight excluding hydrogens is 325 g/mol. The molecule has 0 bridgehead atoms. The van der Waals surface area contributed by atoms with E-state index in [1.165, 1.54) is 0 Å². The molecule has 1 aromatic rings. The molecule has 0 aromatic heterocycles. The van der Waals surface area contributed by atoms with Crippen molar-refractivity contribution in [2.75, 3.05) is 23.3 Å². The molecule has 5 nitrogen and oxygen atoms in total. The topological polar surface area (TPSA) is 61.4 Å². The third-order valence-corrected chi connectivity index (χ3v) is 4.80. The second-order valence-corrected chi connectivity index (χ2v) is 7.13. The van der Waals surface area contributed by atoms with Crippen LogP contribution in [0.15, 0.2) is 18.2 Å². The molecule has 1 aliphatic carbocycles. The Morgan fingerprint density at radius 1 is 1.41 bits per heavy atom. The number of amides is 3. The summed E-state index contributed by atoms with van der Waals surface area (Å²) in [7, 11) is 0. The number of hydrogen-bond acceptors (Lipinski definition) is 2. The second kappa shape index (κ2) is 5.63. The SMILES string of the molecule is CCNC(=O)N1CCc2ccc(NC(=O)[C@H]3CC3(Cl)Cl)cc21. The zero-order valence-corrected chi connectivity index (χ0v) is 13.7. The molecule has 0 saturated heterocycles. The van der Waals surface area contributed by atoms with Crippen molar-refractivity contribution < 1.29 is 9.59 Å². The molecule has 2 N–H and O–H groups in total. The first-order chi connectivity index (χ1) is 10.4. The van der Waals surface area contributed by atoms with Crippen LogP contribution >= 0.6 is 23.2 Å². The number of carbonyl (C=O) groups is 2. The van der Waals surface area contributed by atoms with Gasteiger partial charge in [0.15, 0.2) is 0 Å². The van der Waals surface area contributed by atoms with Crippen molar-refractivity contribution in [3.05, 3.63) is 23.8 Å². The summed E-state index contributed by atoms with van der Waals surface area (Å²) in [5, 5.41) is 5.61. The lowest BCUT2D eigenvalue weighted by Gasteiger charge is -2.18. The molecule has 22 heavy (non-hydrogen) atoms. The summed E-state index contributed by atoms with van der Waals surface area (Å²) in [4.78, 5) is 25.8. The van der Waals surface area contributed by atoms with Crippen molar-refractivity contribution in [1.29, 1.82) is 0 Å². The molecule has 1 fully saturated rings. The number of anilines is 2. The molecule has 118 valence electrons. The van der Waals surface area contributed by atoms with Crippen LogP contribution in [0.2, 0.25) is 0 Å². The Kier molecular flexibility index (Phi) is 3.95. The molecule has 0 radical (unpaired) electrons. The Morgan fingerprint density at radius 3 is 2.77 bits per heavy atom. The number of rotatable bonds is 3. The van der Waals surface area contributed by atoms with Crippen LogP contribution in [-0.2, 0) is 11.2 Å². The highest BCUT2D eigenvalue weighted by Gasteiger charge is 2.56. The lowest BCUT2D eigenvalue weighted by molar-refractivity contribution is -0.117. The Hall–Kier alpha value is -1.46. The average molecular weight is 342 g/mol. The smallest absolute Gasteiger partial charge is 0.321 e. The van der Waals surface area contributed by atoms with E-state index in [2.05, 4.69) is 10.6 Å². The van der Waals surface area contributed by atoms with Gasteiger partial charge < -0.3 is 10.6 Å². The highest BCUT2D eigenvalue weighted by molar-refractivity contribution is 6.52. The van der Waals surface area contributed by atoms with Crippen LogP contribution in [0.25, 0.3) is 0 Å². The van der Waals surface area contributed by atoms with Crippen LogP contribution in [0.5, 0.6) is 0 Å². The third-order valence-electron chi connectivity index (χ3n) is 3.96. The van der Waals surface area contributed by atoms with Crippen molar-refractivity contribution in [3.8, 4) is 0 Å². The predicted octanol–water partition coefficient (Wildman–Crippen LogP) is 2.91. The highest BCUT2D eigenvalue weighted by Crippen LogP contribution is 2.53. The summed E-state index contributed by atoms with van der Waals surface area (Å²) in [6.07, 6.45) is 1.29. The van der Waals surface area contributed by atoms with Gasteiger partial charge in [-0.3, -0.25) is 9.69 Å². The standard InChI is InChI=1S/C15H17Cl2N3O2/c1-2-18-14(22)20-6-5-9-3-4-10(7-12(9)20)19-13(21)11-8-15(11,16)17/h3-4,7,11H,2,5-6,8H2,1H3,(H,18,22)(H,19,21)/t11-/m1/s1. The van der Waals surface area contributed by atoms with E-state index < -0.39 is 4.33 Å². The van der Waals surface area contributed by atoms with E-state index in [-0.39, 0.29) is 17.9 Å². The molecule has 1 aromatic carbocycles. The van der Waals surface area contributed by atoms with Crippen LogP contribution < -0.4 is 15.5 Å². The first kappa shape index (κ1) is 15.4. The Morgan fingerprint density at radius 2 is 2.14 bits per heavy atom. The quantitative estimate of drug-likeness (QED) is 0.830. The van der Waals surface area contributed by atoms with Crippen LogP contribution in [0.4, 0.5) is 16.2 Å². The molecule has 2 aliphatic rings.